The maximum Gasteiger partial charge on any atom is 0.0108 e. The first-order valence-electron chi connectivity index (χ1n) is 7.75. The lowest BCUT2D eigenvalue weighted by molar-refractivity contribution is 0.267. The summed E-state index contributed by atoms with van der Waals surface area (Å²) in [5.41, 5.74) is 2.18. The van der Waals surface area contributed by atoms with E-state index in [0.29, 0.717) is 5.41 Å². The predicted octanol–water partition coefficient (Wildman–Crippen LogP) is 4.44. The molecular formula is C17H25NS. The van der Waals surface area contributed by atoms with Crippen molar-refractivity contribution >= 4 is 11.8 Å². The zero-order chi connectivity index (χ0) is 13.1. The second-order valence-electron chi connectivity index (χ2n) is 6.24. The Balaban J connectivity index is 1.54. The number of thioether (sulfide) groups is 1. The highest BCUT2D eigenvalue weighted by atomic mass is 32.2. The summed E-state index contributed by atoms with van der Waals surface area (Å²) in [4.78, 5) is 1.50. The summed E-state index contributed by atoms with van der Waals surface area (Å²) in [5.74, 6) is 1.97. The van der Waals surface area contributed by atoms with Crippen molar-refractivity contribution in [1.29, 1.82) is 0 Å². The van der Waals surface area contributed by atoms with Crippen LogP contribution in [0.5, 0.6) is 0 Å². The molecule has 1 heterocycles. The summed E-state index contributed by atoms with van der Waals surface area (Å²) in [7, 11) is 0. The van der Waals surface area contributed by atoms with Crippen molar-refractivity contribution in [2.24, 2.45) is 5.41 Å². The Morgan fingerprint density at radius 2 is 2.05 bits per heavy atom. The fourth-order valence-corrected chi connectivity index (χ4v) is 4.94. The van der Waals surface area contributed by atoms with Crippen LogP contribution in [-0.4, -0.2) is 18.8 Å². The highest BCUT2D eigenvalue weighted by Gasteiger charge is 2.32. The second kappa shape index (κ2) is 5.88. The largest absolute Gasteiger partial charge is 0.316 e. The van der Waals surface area contributed by atoms with Crippen molar-refractivity contribution < 1.29 is 0 Å². The Morgan fingerprint density at radius 3 is 2.84 bits per heavy atom. The third kappa shape index (κ3) is 2.85. The fraction of sp³-hybridized carbons (Fsp3) is 0.647. The first-order chi connectivity index (χ1) is 9.33. The number of fused-ring (bicyclic) bond motifs is 1. The van der Waals surface area contributed by atoms with Gasteiger partial charge < -0.3 is 5.32 Å². The number of benzene rings is 1. The minimum atomic E-state index is 0.616. The zero-order valence-electron chi connectivity index (χ0n) is 12.0. The summed E-state index contributed by atoms with van der Waals surface area (Å²) in [6.07, 6.45) is 7.10. The Bertz CT molecular complexity index is 423. The highest BCUT2D eigenvalue weighted by molar-refractivity contribution is 7.99. The normalized spacial score (nSPS) is 24.6. The summed E-state index contributed by atoms with van der Waals surface area (Å²) >= 11 is 2.02. The fourth-order valence-electron chi connectivity index (χ4n) is 3.69. The molecule has 3 rings (SSSR count). The molecule has 0 radical (unpaired) electrons. The quantitative estimate of drug-likeness (QED) is 0.853. The minimum absolute atomic E-state index is 0.616. The van der Waals surface area contributed by atoms with Gasteiger partial charge in [0.1, 0.15) is 0 Å². The topological polar surface area (TPSA) is 12.0 Å². The standard InChI is InChI=1S/C17H25NS/c1-2-17(9-5-6-10-17)13-18-11-14-12-19-16-8-4-3-7-15(14)16/h3-4,7-8,14,18H,2,5-6,9-13H2,1H3. The maximum atomic E-state index is 3.79. The third-order valence-electron chi connectivity index (χ3n) is 5.10. The molecular weight excluding hydrogens is 250 g/mol. The predicted molar refractivity (Wildman–Crippen MR) is 84.0 cm³/mol. The molecule has 2 heteroatoms. The van der Waals surface area contributed by atoms with Gasteiger partial charge in [-0.05, 0) is 36.3 Å². The van der Waals surface area contributed by atoms with E-state index >= 15 is 0 Å². The van der Waals surface area contributed by atoms with Gasteiger partial charge in [0, 0.05) is 29.7 Å². The molecule has 0 saturated heterocycles. The molecule has 2 aliphatic rings. The van der Waals surface area contributed by atoms with E-state index in [4.69, 9.17) is 0 Å². The van der Waals surface area contributed by atoms with Gasteiger partial charge in [0.05, 0.1) is 0 Å². The van der Waals surface area contributed by atoms with E-state index in [-0.39, 0.29) is 0 Å². The van der Waals surface area contributed by atoms with Gasteiger partial charge in [-0.25, -0.2) is 0 Å². The Morgan fingerprint density at radius 1 is 1.26 bits per heavy atom. The van der Waals surface area contributed by atoms with Crippen LogP contribution >= 0.6 is 11.8 Å². The van der Waals surface area contributed by atoms with Crippen molar-refractivity contribution in [3.63, 3.8) is 0 Å². The highest BCUT2D eigenvalue weighted by Crippen LogP contribution is 2.41. The van der Waals surface area contributed by atoms with Gasteiger partial charge >= 0.3 is 0 Å². The Hall–Kier alpha value is -0.470. The smallest absolute Gasteiger partial charge is 0.0108 e. The third-order valence-corrected chi connectivity index (χ3v) is 6.36. The molecule has 1 aromatic carbocycles. The lowest BCUT2D eigenvalue weighted by Crippen LogP contribution is -2.34. The van der Waals surface area contributed by atoms with Gasteiger partial charge in [0.2, 0.25) is 0 Å². The van der Waals surface area contributed by atoms with Crippen molar-refractivity contribution in [2.75, 3.05) is 18.8 Å². The molecule has 1 N–H and O–H groups in total. The van der Waals surface area contributed by atoms with E-state index in [9.17, 15) is 0 Å². The molecule has 19 heavy (non-hydrogen) atoms. The average Bonchev–Trinajstić information content (AvgIpc) is 3.07. The summed E-state index contributed by atoms with van der Waals surface area (Å²) in [6.45, 7) is 4.76. The first-order valence-corrected chi connectivity index (χ1v) is 8.74. The lowest BCUT2D eigenvalue weighted by atomic mass is 9.83. The van der Waals surface area contributed by atoms with E-state index in [0.717, 1.165) is 12.5 Å². The number of hydrogen-bond acceptors (Lipinski definition) is 2. The molecule has 1 aliphatic carbocycles. The number of hydrogen-bond donors (Lipinski definition) is 1. The van der Waals surface area contributed by atoms with E-state index in [1.54, 1.807) is 5.56 Å². The van der Waals surface area contributed by atoms with Crippen LogP contribution in [0.2, 0.25) is 0 Å². The van der Waals surface area contributed by atoms with E-state index in [1.165, 1.54) is 49.3 Å². The monoisotopic (exact) mass is 275 g/mol. The van der Waals surface area contributed by atoms with Crippen LogP contribution in [0, 0.1) is 5.41 Å². The molecule has 1 fully saturated rings. The maximum absolute atomic E-state index is 3.79. The van der Waals surface area contributed by atoms with Crippen LogP contribution in [0.1, 0.15) is 50.5 Å². The lowest BCUT2D eigenvalue weighted by Gasteiger charge is -2.28. The van der Waals surface area contributed by atoms with Crippen LogP contribution in [0.25, 0.3) is 0 Å². The van der Waals surface area contributed by atoms with Gasteiger partial charge in [0.25, 0.3) is 0 Å². The van der Waals surface area contributed by atoms with Gasteiger partial charge in [-0.3, -0.25) is 0 Å². The Labute approximate surface area is 121 Å². The van der Waals surface area contributed by atoms with Crippen LogP contribution in [0.3, 0.4) is 0 Å². The van der Waals surface area contributed by atoms with Crippen LogP contribution in [0.15, 0.2) is 29.2 Å². The molecule has 1 saturated carbocycles. The number of rotatable bonds is 5. The SMILES string of the molecule is CCC1(CNCC2CSc3ccccc32)CCCC1. The van der Waals surface area contributed by atoms with Crippen molar-refractivity contribution in [1.82, 2.24) is 5.32 Å². The summed E-state index contributed by atoms with van der Waals surface area (Å²) in [5, 5.41) is 3.79. The van der Waals surface area contributed by atoms with Crippen molar-refractivity contribution in [3.8, 4) is 0 Å². The van der Waals surface area contributed by atoms with Crippen molar-refractivity contribution in [2.45, 2.75) is 49.8 Å². The van der Waals surface area contributed by atoms with Gasteiger partial charge in [0.15, 0.2) is 0 Å². The molecule has 1 unspecified atom stereocenters. The Kier molecular flexibility index (Phi) is 4.18. The zero-order valence-corrected chi connectivity index (χ0v) is 12.8. The average molecular weight is 275 g/mol. The molecule has 104 valence electrons. The van der Waals surface area contributed by atoms with Crippen LogP contribution in [-0.2, 0) is 0 Å². The molecule has 1 aliphatic heterocycles. The molecule has 1 nitrogen and oxygen atoms in total. The van der Waals surface area contributed by atoms with Gasteiger partial charge in [-0.1, -0.05) is 38.0 Å². The summed E-state index contributed by atoms with van der Waals surface area (Å²) < 4.78 is 0. The van der Waals surface area contributed by atoms with Crippen LogP contribution < -0.4 is 5.32 Å². The number of nitrogens with one attached hydrogen (secondary N) is 1. The van der Waals surface area contributed by atoms with E-state index in [2.05, 4.69) is 36.5 Å². The molecule has 1 atom stereocenters. The van der Waals surface area contributed by atoms with Crippen molar-refractivity contribution in [3.05, 3.63) is 29.8 Å². The molecule has 0 spiro atoms. The molecule has 0 aromatic heterocycles. The van der Waals surface area contributed by atoms with Gasteiger partial charge in [-0.2, -0.15) is 0 Å². The second-order valence-corrected chi connectivity index (χ2v) is 7.30. The van der Waals surface area contributed by atoms with E-state index in [1.807, 2.05) is 11.8 Å². The molecule has 1 aromatic rings. The van der Waals surface area contributed by atoms with Crippen LogP contribution in [0.4, 0.5) is 0 Å². The molecule has 0 bridgehead atoms. The summed E-state index contributed by atoms with van der Waals surface area (Å²) in [6, 6.07) is 8.92. The van der Waals surface area contributed by atoms with Gasteiger partial charge in [-0.15, -0.1) is 11.8 Å². The molecule has 0 amide bonds. The minimum Gasteiger partial charge on any atom is -0.316 e. The van der Waals surface area contributed by atoms with E-state index < -0.39 is 0 Å². The first kappa shape index (κ1) is 13.5.